The van der Waals surface area contributed by atoms with Crippen LogP contribution in [0, 0.1) is 0 Å². The van der Waals surface area contributed by atoms with Crippen molar-refractivity contribution < 1.29 is 27.6 Å². The van der Waals surface area contributed by atoms with E-state index < -0.39 is 33.5 Å². The molecule has 3 aliphatic heterocycles. The zero-order chi connectivity index (χ0) is 34.0. The van der Waals surface area contributed by atoms with E-state index >= 15 is 0 Å². The van der Waals surface area contributed by atoms with Crippen molar-refractivity contribution >= 4 is 67.5 Å². The first-order valence-electron chi connectivity index (χ1n) is 15.7. The lowest BCUT2D eigenvalue weighted by molar-refractivity contribution is 0.0909. The topological polar surface area (TPSA) is 109 Å². The van der Waals surface area contributed by atoms with E-state index in [0.717, 1.165) is 54.7 Å². The maximum atomic E-state index is 14.5. The van der Waals surface area contributed by atoms with Crippen molar-refractivity contribution in [2.45, 2.75) is 88.9 Å². The van der Waals surface area contributed by atoms with Gasteiger partial charge in [-0.05, 0) is 45.9 Å². The first-order valence-corrected chi connectivity index (χ1v) is 18.8. The SMILES string of the molecule is CC(C)c1cccc(C(C)C)c1N1C(=O)c2sc3c(c2C1=O)S(=O)(=O)c1c-3sc2c1C(=O)N(c1c(C(C)C)cccc1C(C)C)C2=O. The second-order valence-corrected chi connectivity index (χ2v) is 17.4. The molecule has 2 aromatic heterocycles. The molecule has 8 nitrogen and oxygen atoms in total. The molecule has 3 aliphatic rings. The van der Waals surface area contributed by atoms with Crippen molar-refractivity contribution in [3.63, 3.8) is 0 Å². The predicted molar refractivity (Wildman–Crippen MR) is 185 cm³/mol. The van der Waals surface area contributed by atoms with Gasteiger partial charge in [0.1, 0.15) is 19.5 Å². The molecule has 0 saturated heterocycles. The van der Waals surface area contributed by atoms with Gasteiger partial charge in [-0.1, -0.05) is 91.8 Å². The van der Waals surface area contributed by atoms with Gasteiger partial charge in [-0.2, -0.15) is 0 Å². The maximum absolute atomic E-state index is 14.5. The number of sulfone groups is 1. The van der Waals surface area contributed by atoms with E-state index in [1.807, 2.05) is 91.8 Å². The van der Waals surface area contributed by atoms with Crippen LogP contribution in [0.2, 0.25) is 0 Å². The average Bonchev–Trinajstić information content (AvgIpc) is 3.75. The summed E-state index contributed by atoms with van der Waals surface area (Å²) < 4.78 is 28.9. The van der Waals surface area contributed by atoms with Crippen LogP contribution < -0.4 is 9.80 Å². The van der Waals surface area contributed by atoms with E-state index in [0.29, 0.717) is 11.4 Å². The quantitative estimate of drug-likeness (QED) is 0.165. The molecule has 11 heteroatoms. The molecule has 7 rings (SSSR count). The van der Waals surface area contributed by atoms with Crippen LogP contribution in [0.15, 0.2) is 46.2 Å². The van der Waals surface area contributed by atoms with Crippen LogP contribution in [0.4, 0.5) is 11.4 Å². The molecule has 0 fully saturated rings. The van der Waals surface area contributed by atoms with Crippen LogP contribution in [0.25, 0.3) is 9.75 Å². The van der Waals surface area contributed by atoms with Gasteiger partial charge in [0, 0.05) is 0 Å². The van der Waals surface area contributed by atoms with Crippen LogP contribution in [0.3, 0.4) is 0 Å². The summed E-state index contributed by atoms with van der Waals surface area (Å²) in [6, 6.07) is 11.4. The minimum Gasteiger partial charge on any atom is -0.268 e. The molecule has 5 heterocycles. The highest BCUT2D eigenvalue weighted by molar-refractivity contribution is 7.93. The van der Waals surface area contributed by atoms with Crippen molar-refractivity contribution in [1.82, 2.24) is 0 Å². The van der Waals surface area contributed by atoms with Crippen molar-refractivity contribution in [3.05, 3.63) is 79.5 Å². The first kappa shape index (κ1) is 31.7. The van der Waals surface area contributed by atoms with E-state index in [1.54, 1.807) is 0 Å². The van der Waals surface area contributed by atoms with Gasteiger partial charge in [-0.15, -0.1) is 22.7 Å². The Kier molecular flexibility index (Phi) is 7.10. The monoisotopic (exact) mass is 686 g/mol. The number of thiophene rings is 2. The van der Waals surface area contributed by atoms with E-state index in [9.17, 15) is 27.6 Å². The third-order valence-corrected chi connectivity index (χ3v) is 13.9. The second kappa shape index (κ2) is 10.5. The Morgan fingerprint density at radius 3 is 1.06 bits per heavy atom. The number of amides is 4. The van der Waals surface area contributed by atoms with Crippen LogP contribution >= 0.6 is 22.7 Å². The smallest absolute Gasteiger partial charge is 0.268 e. The number of hydrogen-bond donors (Lipinski definition) is 0. The molecule has 0 saturated carbocycles. The van der Waals surface area contributed by atoms with Gasteiger partial charge >= 0.3 is 0 Å². The Morgan fingerprint density at radius 1 is 0.489 bits per heavy atom. The highest BCUT2D eigenvalue weighted by Gasteiger charge is 2.55. The van der Waals surface area contributed by atoms with E-state index in [2.05, 4.69) is 0 Å². The second-order valence-electron chi connectivity index (χ2n) is 13.5. The standard InChI is InChI=1S/C36H34N2O6S3/c1-15(2)19-11-9-12-20(16(3)4)25(19)37-33(39)23-27(35(37)41)45-29-30-32(47(43,44)31(23)29)24-28(46-30)36(42)38(34(24)40)26-21(17(5)6)13-10-14-22(26)18(7)8/h9-18H,1-8H3. The molecule has 0 spiro atoms. The van der Waals surface area contributed by atoms with Gasteiger partial charge in [0.2, 0.25) is 9.84 Å². The molecule has 4 amide bonds. The molecule has 4 aromatic rings. The zero-order valence-electron chi connectivity index (χ0n) is 27.3. The molecular weight excluding hydrogens is 653 g/mol. The Morgan fingerprint density at radius 2 is 0.787 bits per heavy atom. The van der Waals surface area contributed by atoms with E-state index in [-0.39, 0.29) is 64.1 Å². The Balaban J connectivity index is 1.37. The normalized spacial score (nSPS) is 16.4. The number of nitrogens with zero attached hydrogens (tertiary/aromatic N) is 2. The average molecular weight is 687 g/mol. The number of carbonyl (C=O) groups is 4. The van der Waals surface area contributed by atoms with Gasteiger partial charge < -0.3 is 0 Å². The molecule has 0 radical (unpaired) electrons. The van der Waals surface area contributed by atoms with Gasteiger partial charge in [0.25, 0.3) is 23.6 Å². The molecule has 0 bridgehead atoms. The third-order valence-electron chi connectivity index (χ3n) is 9.23. The van der Waals surface area contributed by atoms with E-state index in [1.165, 1.54) is 0 Å². The van der Waals surface area contributed by atoms with E-state index in [4.69, 9.17) is 0 Å². The molecule has 0 atom stereocenters. The largest absolute Gasteiger partial charge is 0.276 e. The summed E-state index contributed by atoms with van der Waals surface area (Å²) in [4.78, 5) is 58.9. The summed E-state index contributed by atoms with van der Waals surface area (Å²) >= 11 is 1.89. The fraction of sp³-hybridized carbons (Fsp3) is 0.333. The number of imide groups is 2. The lowest BCUT2D eigenvalue weighted by atomic mass is 9.92. The number of fused-ring (bicyclic) bond motifs is 7. The number of benzene rings is 2. The first-order chi connectivity index (χ1) is 22.1. The Labute approximate surface area is 281 Å². The molecule has 242 valence electrons. The van der Waals surface area contributed by atoms with Crippen molar-refractivity contribution in [1.29, 1.82) is 0 Å². The van der Waals surface area contributed by atoms with Crippen molar-refractivity contribution in [2.24, 2.45) is 0 Å². The van der Waals surface area contributed by atoms with Gasteiger partial charge in [-0.25, -0.2) is 18.2 Å². The lowest BCUT2D eigenvalue weighted by Crippen LogP contribution is -2.32. The maximum Gasteiger partial charge on any atom is 0.276 e. The summed E-state index contributed by atoms with van der Waals surface area (Å²) in [5, 5.41) is 0. The summed E-state index contributed by atoms with van der Waals surface area (Å²) in [7, 11) is -4.44. The summed E-state index contributed by atoms with van der Waals surface area (Å²) in [5.74, 6) is -2.53. The molecule has 0 N–H and O–H groups in total. The summed E-state index contributed by atoms with van der Waals surface area (Å²) in [6.07, 6.45) is 0. The number of anilines is 2. The number of carbonyl (C=O) groups excluding carboxylic acids is 4. The molecule has 2 aromatic carbocycles. The van der Waals surface area contributed by atoms with Crippen LogP contribution in [-0.2, 0) is 9.84 Å². The molecular formula is C36H34N2O6S3. The highest BCUT2D eigenvalue weighted by atomic mass is 32.2. The number of hydrogen-bond acceptors (Lipinski definition) is 8. The summed E-state index contributed by atoms with van der Waals surface area (Å²) in [6.45, 7) is 15.9. The third kappa shape index (κ3) is 4.12. The molecule has 0 unspecified atom stereocenters. The lowest BCUT2D eigenvalue weighted by Gasteiger charge is -2.25. The fourth-order valence-electron chi connectivity index (χ4n) is 6.99. The highest BCUT2D eigenvalue weighted by Crippen LogP contribution is 2.59. The summed E-state index contributed by atoms with van der Waals surface area (Å²) in [5.41, 5.74) is 3.95. The molecule has 47 heavy (non-hydrogen) atoms. The number of rotatable bonds is 6. The van der Waals surface area contributed by atoms with Gasteiger partial charge in [-0.3, -0.25) is 19.2 Å². The predicted octanol–water partition coefficient (Wildman–Crippen LogP) is 8.72. The van der Waals surface area contributed by atoms with Crippen LogP contribution in [0.5, 0.6) is 0 Å². The van der Waals surface area contributed by atoms with Gasteiger partial charge in [0.15, 0.2) is 0 Å². The minimum atomic E-state index is -4.44. The Bertz CT molecular complexity index is 2020. The van der Waals surface area contributed by atoms with Crippen LogP contribution in [-0.4, -0.2) is 32.0 Å². The van der Waals surface area contributed by atoms with Crippen molar-refractivity contribution in [3.8, 4) is 9.75 Å². The number of para-hydroxylation sites is 2. The van der Waals surface area contributed by atoms with Crippen molar-refractivity contribution in [2.75, 3.05) is 9.80 Å². The zero-order valence-corrected chi connectivity index (χ0v) is 29.8. The Hall–Kier alpha value is -3.93. The van der Waals surface area contributed by atoms with Crippen LogP contribution in [0.1, 0.15) is 141 Å². The molecule has 0 aliphatic carbocycles. The van der Waals surface area contributed by atoms with Gasteiger partial charge in [0.05, 0.1) is 32.3 Å². The fourth-order valence-corrected chi connectivity index (χ4v) is 12.3. The minimum absolute atomic E-state index is 0.00416.